The van der Waals surface area contributed by atoms with Crippen molar-refractivity contribution in [2.75, 3.05) is 26.3 Å². The maximum Gasteiger partial charge on any atom is 0.410 e. The molecule has 7 nitrogen and oxygen atoms in total. The predicted octanol–water partition coefficient (Wildman–Crippen LogP) is 1.47. The van der Waals surface area contributed by atoms with Crippen LogP contribution in [0.1, 0.15) is 40.5 Å². The lowest BCUT2D eigenvalue weighted by Gasteiger charge is -2.51. The third-order valence-corrected chi connectivity index (χ3v) is 4.33. The lowest BCUT2D eigenvalue weighted by atomic mass is 9.84. The topological polar surface area (TPSA) is 88.1 Å². The number of nitrogens with one attached hydrogen (secondary N) is 1. The van der Waals surface area contributed by atoms with Crippen molar-refractivity contribution in [3.63, 3.8) is 0 Å². The summed E-state index contributed by atoms with van der Waals surface area (Å²) in [5.74, 6) is -0.479. The van der Waals surface area contributed by atoms with E-state index in [0.29, 0.717) is 25.6 Å². The summed E-state index contributed by atoms with van der Waals surface area (Å²) in [6, 6.07) is 0.151. The molecule has 0 bridgehead atoms. The lowest BCUT2D eigenvalue weighted by molar-refractivity contribution is -0.141. The zero-order chi connectivity index (χ0) is 17.3. The van der Waals surface area contributed by atoms with Gasteiger partial charge in [-0.3, -0.25) is 4.79 Å². The van der Waals surface area contributed by atoms with Crippen LogP contribution in [0.5, 0.6) is 0 Å². The molecule has 2 fully saturated rings. The van der Waals surface area contributed by atoms with Gasteiger partial charge >= 0.3 is 12.1 Å². The molecule has 1 amide bonds. The van der Waals surface area contributed by atoms with Crippen LogP contribution in [-0.4, -0.2) is 65.6 Å². The van der Waals surface area contributed by atoms with Crippen LogP contribution in [0.2, 0.25) is 0 Å². The molecule has 23 heavy (non-hydrogen) atoms. The van der Waals surface area contributed by atoms with E-state index in [-0.39, 0.29) is 12.5 Å². The van der Waals surface area contributed by atoms with Crippen LogP contribution in [0.3, 0.4) is 0 Å². The molecule has 7 heteroatoms. The van der Waals surface area contributed by atoms with Gasteiger partial charge < -0.3 is 24.8 Å². The number of hydrogen-bond donors (Lipinski definition) is 2. The summed E-state index contributed by atoms with van der Waals surface area (Å²) in [7, 11) is 0. The highest BCUT2D eigenvalue weighted by Crippen LogP contribution is 2.29. The summed E-state index contributed by atoms with van der Waals surface area (Å²) in [4.78, 5) is 24.8. The number of carbonyl (C=O) groups excluding carboxylic acids is 1. The average molecular weight is 328 g/mol. The van der Waals surface area contributed by atoms with E-state index < -0.39 is 23.2 Å². The standard InChI is InChI=1S/C16H28N2O5/c1-11(12-5-6-22-8-12)17-16(7-13(19)20)9-18(10-16)14(21)23-15(2,3)4/h11-12,17H,5-10H2,1-4H3,(H,19,20). The highest BCUT2D eigenvalue weighted by Gasteiger charge is 2.49. The molecule has 2 N–H and O–H groups in total. The zero-order valence-corrected chi connectivity index (χ0v) is 14.4. The van der Waals surface area contributed by atoms with E-state index in [1.54, 1.807) is 4.90 Å². The summed E-state index contributed by atoms with van der Waals surface area (Å²) in [6.45, 7) is 9.66. The van der Waals surface area contributed by atoms with Crippen molar-refractivity contribution >= 4 is 12.1 Å². The third-order valence-electron chi connectivity index (χ3n) is 4.33. The fourth-order valence-corrected chi connectivity index (χ4v) is 3.23. The van der Waals surface area contributed by atoms with Crippen molar-refractivity contribution < 1.29 is 24.2 Å². The van der Waals surface area contributed by atoms with Crippen LogP contribution < -0.4 is 5.32 Å². The first-order valence-corrected chi connectivity index (χ1v) is 8.15. The third kappa shape index (κ3) is 4.81. The molecule has 132 valence electrons. The molecule has 0 aromatic heterocycles. The second-order valence-corrected chi connectivity index (χ2v) is 7.74. The van der Waals surface area contributed by atoms with Gasteiger partial charge in [0.2, 0.25) is 0 Å². The van der Waals surface area contributed by atoms with E-state index in [2.05, 4.69) is 12.2 Å². The summed E-state index contributed by atoms with van der Waals surface area (Å²) < 4.78 is 10.7. The number of carboxylic acid groups (broad SMARTS) is 1. The molecular formula is C16H28N2O5. The maximum atomic E-state index is 12.1. The maximum absolute atomic E-state index is 12.1. The van der Waals surface area contributed by atoms with Crippen LogP contribution in [0.4, 0.5) is 4.79 Å². The Hall–Kier alpha value is -1.34. The van der Waals surface area contributed by atoms with Crippen molar-refractivity contribution in [2.45, 2.75) is 57.7 Å². The van der Waals surface area contributed by atoms with E-state index >= 15 is 0 Å². The van der Waals surface area contributed by atoms with Gasteiger partial charge in [0.15, 0.2) is 0 Å². The summed E-state index contributed by atoms with van der Waals surface area (Å²) in [5, 5.41) is 12.6. The summed E-state index contributed by atoms with van der Waals surface area (Å²) in [5.41, 5.74) is -1.13. The Bertz CT molecular complexity index is 448. The van der Waals surface area contributed by atoms with Gasteiger partial charge in [-0.15, -0.1) is 0 Å². The van der Waals surface area contributed by atoms with Gasteiger partial charge in [-0.25, -0.2) is 4.79 Å². The minimum absolute atomic E-state index is 0.00971. The monoisotopic (exact) mass is 328 g/mol. The van der Waals surface area contributed by atoms with E-state index in [1.807, 2.05) is 20.8 Å². The first-order chi connectivity index (χ1) is 10.6. The van der Waals surface area contributed by atoms with Gasteiger partial charge in [0.05, 0.1) is 18.6 Å². The van der Waals surface area contributed by atoms with Crippen LogP contribution in [0, 0.1) is 5.92 Å². The molecule has 2 heterocycles. The Morgan fingerprint density at radius 3 is 2.57 bits per heavy atom. The van der Waals surface area contributed by atoms with E-state index in [4.69, 9.17) is 9.47 Å². The molecule has 0 saturated carbocycles. The number of carboxylic acids is 1. The Kier molecular flexibility index (Phi) is 5.20. The zero-order valence-electron chi connectivity index (χ0n) is 14.4. The van der Waals surface area contributed by atoms with Crippen LogP contribution >= 0.6 is 0 Å². The van der Waals surface area contributed by atoms with Gasteiger partial charge in [-0.2, -0.15) is 0 Å². The molecule has 0 aromatic carbocycles. The number of hydrogen-bond acceptors (Lipinski definition) is 5. The van der Waals surface area contributed by atoms with Crippen molar-refractivity contribution in [2.24, 2.45) is 5.92 Å². The normalized spacial score (nSPS) is 24.9. The van der Waals surface area contributed by atoms with Crippen molar-refractivity contribution in [3.8, 4) is 0 Å². The molecule has 2 rings (SSSR count). The molecule has 2 saturated heterocycles. The predicted molar refractivity (Wildman–Crippen MR) is 84.3 cm³/mol. The Morgan fingerprint density at radius 1 is 1.43 bits per heavy atom. The largest absolute Gasteiger partial charge is 0.481 e. The molecule has 0 aliphatic carbocycles. The van der Waals surface area contributed by atoms with Gasteiger partial charge in [0.1, 0.15) is 5.60 Å². The number of amides is 1. The van der Waals surface area contributed by atoms with Gasteiger partial charge in [-0.1, -0.05) is 0 Å². The Morgan fingerprint density at radius 2 is 2.09 bits per heavy atom. The second kappa shape index (κ2) is 6.65. The van der Waals surface area contributed by atoms with E-state index in [9.17, 15) is 14.7 Å². The average Bonchev–Trinajstić information content (AvgIpc) is 2.85. The van der Waals surface area contributed by atoms with Gasteiger partial charge in [-0.05, 0) is 40.0 Å². The number of aliphatic carboxylic acids is 1. The second-order valence-electron chi connectivity index (χ2n) is 7.74. The molecule has 2 aliphatic rings. The Balaban J connectivity index is 1.94. The van der Waals surface area contributed by atoms with Crippen molar-refractivity contribution in [1.29, 1.82) is 0 Å². The van der Waals surface area contributed by atoms with E-state index in [0.717, 1.165) is 13.0 Å². The van der Waals surface area contributed by atoms with Crippen molar-refractivity contribution in [1.82, 2.24) is 10.2 Å². The van der Waals surface area contributed by atoms with Gasteiger partial charge in [0, 0.05) is 25.7 Å². The number of carbonyl (C=O) groups is 2. The fourth-order valence-electron chi connectivity index (χ4n) is 3.23. The quantitative estimate of drug-likeness (QED) is 0.794. The van der Waals surface area contributed by atoms with Crippen molar-refractivity contribution in [3.05, 3.63) is 0 Å². The first kappa shape index (κ1) is 18.0. The number of rotatable bonds is 5. The molecule has 0 aromatic rings. The lowest BCUT2D eigenvalue weighted by Crippen LogP contribution is -2.73. The Labute approximate surface area is 137 Å². The summed E-state index contributed by atoms with van der Waals surface area (Å²) in [6.07, 6.45) is 0.578. The first-order valence-electron chi connectivity index (χ1n) is 8.15. The number of nitrogens with zero attached hydrogens (tertiary/aromatic N) is 1. The minimum Gasteiger partial charge on any atom is -0.481 e. The van der Waals surface area contributed by atoms with Crippen LogP contribution in [0.15, 0.2) is 0 Å². The highest BCUT2D eigenvalue weighted by atomic mass is 16.6. The van der Waals surface area contributed by atoms with Gasteiger partial charge in [0.25, 0.3) is 0 Å². The number of likely N-dealkylation sites (tertiary alicyclic amines) is 1. The van der Waals surface area contributed by atoms with Crippen LogP contribution in [-0.2, 0) is 14.3 Å². The molecular weight excluding hydrogens is 300 g/mol. The fraction of sp³-hybridized carbons (Fsp3) is 0.875. The molecule has 0 radical (unpaired) electrons. The smallest absolute Gasteiger partial charge is 0.410 e. The molecule has 0 spiro atoms. The minimum atomic E-state index is -0.865. The highest BCUT2D eigenvalue weighted by molar-refractivity contribution is 5.73. The molecule has 2 atom stereocenters. The van der Waals surface area contributed by atoms with E-state index in [1.165, 1.54) is 0 Å². The molecule has 2 unspecified atom stereocenters. The van der Waals surface area contributed by atoms with Crippen LogP contribution in [0.25, 0.3) is 0 Å². The summed E-state index contributed by atoms with van der Waals surface area (Å²) >= 11 is 0. The molecule has 2 aliphatic heterocycles. The SMILES string of the molecule is CC(NC1(CC(=O)O)CN(C(=O)OC(C)(C)C)C1)C1CCOC1. The number of ether oxygens (including phenoxy) is 2.